The van der Waals surface area contributed by atoms with Crippen molar-refractivity contribution in [3.8, 4) is 11.6 Å². The second-order valence-corrected chi connectivity index (χ2v) is 18.0. The second kappa shape index (κ2) is 14.9. The van der Waals surface area contributed by atoms with E-state index in [1.165, 1.54) is 4.90 Å². The Bertz CT molecular complexity index is 1950. The molecule has 7 atom stereocenters. The fourth-order valence-corrected chi connectivity index (χ4v) is 9.18. The molecule has 6 rings (SSSR count). The van der Waals surface area contributed by atoms with Crippen LogP contribution in [0.4, 0.5) is 10.5 Å². The van der Waals surface area contributed by atoms with Gasteiger partial charge in [0.05, 0.1) is 30.3 Å². The number of amides is 4. The number of aromatic nitrogens is 1. The Balaban J connectivity index is 1.37. The molecule has 1 aromatic carbocycles. The zero-order valence-electron chi connectivity index (χ0n) is 31.8. The van der Waals surface area contributed by atoms with Crippen molar-refractivity contribution >= 4 is 50.3 Å². The van der Waals surface area contributed by atoms with Gasteiger partial charge < -0.3 is 35.0 Å². The molecular formula is C38H52N6O9S. The van der Waals surface area contributed by atoms with Gasteiger partial charge in [0.25, 0.3) is 5.91 Å². The highest BCUT2D eigenvalue weighted by atomic mass is 32.2. The number of ether oxygens (including phenoxy) is 2. The van der Waals surface area contributed by atoms with Crippen LogP contribution in [0, 0.1) is 17.8 Å². The van der Waals surface area contributed by atoms with Crippen LogP contribution in [-0.4, -0.2) is 103 Å². The first-order valence-electron chi connectivity index (χ1n) is 18.7. The zero-order valence-corrected chi connectivity index (χ0v) is 32.6. The lowest BCUT2D eigenvalue weighted by molar-refractivity contribution is -0.142. The maximum absolute atomic E-state index is 14.6. The predicted octanol–water partition coefficient (Wildman–Crippen LogP) is 3.57. The molecule has 2 aliphatic carbocycles. The van der Waals surface area contributed by atoms with Gasteiger partial charge in [-0.15, -0.1) is 0 Å². The van der Waals surface area contributed by atoms with Crippen molar-refractivity contribution in [1.29, 1.82) is 0 Å². The van der Waals surface area contributed by atoms with Crippen molar-refractivity contribution in [3.63, 3.8) is 0 Å². The standard InChI is InChI=1S/C38H52N6O9S/c1-7-23-16-22(2)10-8-9-11-24-19-38(24,35(47)42-54(50,51)37(3)14-15-37)41-32(45)29-18-26(21-44(29)34(46)31(23)40-36(48)49)53-33-27-13-12-25(52-6)17-28(27)30(20-39-33)43(4)5/h9,11-13,17,20,22-24,26,29,31,40H,7-8,10,14-16,18-19,21H2,1-6H3,(H,41,45)(H,42,47)(H,48,49)/t22-,23-,24-,26-,29+,31+,38-/m1/s1. The molecule has 4 amide bonds. The van der Waals surface area contributed by atoms with E-state index in [4.69, 9.17) is 9.47 Å². The maximum atomic E-state index is 14.6. The molecule has 0 bridgehead atoms. The van der Waals surface area contributed by atoms with E-state index in [9.17, 15) is 32.7 Å². The molecule has 0 unspecified atom stereocenters. The molecule has 4 aliphatic rings. The SMILES string of the molecule is CC[C@@H]1C[C@H](C)CCC=C[C@@H]2C[C@@]2(C(=O)NS(=O)(=O)C2(C)CC2)NC(=O)[C@@H]2C[C@@H](Oc3ncc(N(C)C)c4cc(OC)ccc34)CN2C(=O)[C@H]1NC(=O)O. The zero-order chi connectivity index (χ0) is 39.2. The minimum absolute atomic E-state index is 0.00783. The van der Waals surface area contributed by atoms with E-state index >= 15 is 0 Å². The van der Waals surface area contributed by atoms with Crippen molar-refractivity contribution in [1.82, 2.24) is 25.2 Å². The lowest BCUT2D eigenvalue weighted by Crippen LogP contribution is -2.59. The Kier molecular flexibility index (Phi) is 10.8. The molecular weight excluding hydrogens is 717 g/mol. The molecule has 15 nitrogen and oxygen atoms in total. The summed E-state index contributed by atoms with van der Waals surface area (Å²) in [6, 6.07) is 3.17. The molecule has 3 fully saturated rings. The van der Waals surface area contributed by atoms with E-state index in [0.717, 1.165) is 17.5 Å². The number of rotatable bonds is 9. The fourth-order valence-electron chi connectivity index (χ4n) is 7.86. The van der Waals surface area contributed by atoms with E-state index < -0.39 is 68.2 Å². The third-order valence-electron chi connectivity index (χ3n) is 11.7. The number of allylic oxidation sites excluding steroid dienone is 1. The molecule has 2 aromatic rings. The predicted molar refractivity (Wildman–Crippen MR) is 202 cm³/mol. The van der Waals surface area contributed by atoms with Gasteiger partial charge in [0, 0.05) is 37.2 Å². The topological polar surface area (TPSA) is 197 Å². The summed E-state index contributed by atoms with van der Waals surface area (Å²) >= 11 is 0. The van der Waals surface area contributed by atoms with Crippen LogP contribution in [0.1, 0.15) is 72.1 Å². The molecule has 2 aliphatic heterocycles. The number of anilines is 1. The van der Waals surface area contributed by atoms with Crippen LogP contribution in [0.25, 0.3) is 10.8 Å². The molecule has 54 heavy (non-hydrogen) atoms. The number of hydrogen-bond acceptors (Lipinski definition) is 10. The van der Waals surface area contributed by atoms with Crippen LogP contribution in [-0.2, 0) is 24.4 Å². The van der Waals surface area contributed by atoms with Crippen LogP contribution >= 0.6 is 0 Å². The summed E-state index contributed by atoms with van der Waals surface area (Å²) in [6.45, 7) is 5.48. The number of carbonyl (C=O) groups excluding carboxylic acids is 3. The number of benzene rings is 1. The van der Waals surface area contributed by atoms with Gasteiger partial charge in [-0.3, -0.25) is 19.1 Å². The molecule has 3 heterocycles. The third-order valence-corrected chi connectivity index (χ3v) is 13.8. The summed E-state index contributed by atoms with van der Waals surface area (Å²) in [6.07, 6.45) is 6.88. The first-order valence-corrected chi connectivity index (χ1v) is 20.2. The maximum Gasteiger partial charge on any atom is 0.405 e. The largest absolute Gasteiger partial charge is 0.497 e. The lowest BCUT2D eigenvalue weighted by atomic mass is 9.85. The average molecular weight is 769 g/mol. The molecule has 0 spiro atoms. The summed E-state index contributed by atoms with van der Waals surface area (Å²) in [5, 5.41) is 16.7. The fraction of sp³-hybridized carbons (Fsp3) is 0.605. The second-order valence-electron chi connectivity index (χ2n) is 15.8. The highest BCUT2D eigenvalue weighted by molar-refractivity contribution is 7.91. The monoisotopic (exact) mass is 768 g/mol. The van der Waals surface area contributed by atoms with Crippen LogP contribution in [0.3, 0.4) is 0 Å². The first-order chi connectivity index (χ1) is 25.5. The highest BCUT2D eigenvalue weighted by Gasteiger charge is 2.63. The van der Waals surface area contributed by atoms with Crippen molar-refractivity contribution in [2.75, 3.05) is 32.6 Å². The summed E-state index contributed by atoms with van der Waals surface area (Å²) < 4.78 is 39.5. The number of hydrogen-bond donors (Lipinski definition) is 4. The van der Waals surface area contributed by atoms with Gasteiger partial charge >= 0.3 is 6.09 Å². The molecule has 4 N–H and O–H groups in total. The minimum Gasteiger partial charge on any atom is -0.497 e. The van der Waals surface area contributed by atoms with Crippen LogP contribution in [0.15, 0.2) is 36.5 Å². The number of pyridine rings is 1. The van der Waals surface area contributed by atoms with Gasteiger partial charge in [-0.05, 0) is 75.5 Å². The molecule has 1 saturated heterocycles. The Labute approximate surface area is 316 Å². The molecule has 1 aromatic heterocycles. The van der Waals surface area contributed by atoms with E-state index in [-0.39, 0.29) is 37.1 Å². The molecule has 294 valence electrons. The highest BCUT2D eigenvalue weighted by Crippen LogP contribution is 2.48. The average Bonchev–Trinajstić information content (AvgIpc) is 4.00. The number of carbonyl (C=O) groups is 4. The number of sulfonamides is 1. The molecule has 2 saturated carbocycles. The van der Waals surface area contributed by atoms with E-state index in [1.54, 1.807) is 26.3 Å². The third kappa shape index (κ3) is 7.66. The van der Waals surface area contributed by atoms with Gasteiger partial charge in [-0.1, -0.05) is 32.4 Å². The van der Waals surface area contributed by atoms with E-state index in [1.807, 2.05) is 50.2 Å². The van der Waals surface area contributed by atoms with Crippen molar-refractivity contribution in [2.24, 2.45) is 17.8 Å². The van der Waals surface area contributed by atoms with Crippen LogP contribution in [0.2, 0.25) is 0 Å². The number of methoxy groups -OCH3 is 1. The Hall–Kier alpha value is -4.60. The number of fused-ring (bicyclic) bond motifs is 3. The summed E-state index contributed by atoms with van der Waals surface area (Å²) in [5.41, 5.74) is -0.726. The summed E-state index contributed by atoms with van der Waals surface area (Å²) in [4.78, 5) is 62.9. The lowest BCUT2D eigenvalue weighted by Gasteiger charge is -2.33. The number of nitrogens with zero attached hydrogens (tertiary/aromatic N) is 3. The summed E-state index contributed by atoms with van der Waals surface area (Å²) in [5.74, 6) is -1.83. The summed E-state index contributed by atoms with van der Waals surface area (Å²) in [7, 11) is 1.35. The van der Waals surface area contributed by atoms with Gasteiger partial charge in [-0.2, -0.15) is 0 Å². The Morgan fingerprint density at radius 2 is 1.91 bits per heavy atom. The van der Waals surface area contributed by atoms with Gasteiger partial charge in [0.2, 0.25) is 27.7 Å². The van der Waals surface area contributed by atoms with Crippen LogP contribution in [0.5, 0.6) is 11.6 Å². The Morgan fingerprint density at radius 1 is 1.17 bits per heavy atom. The quantitative estimate of drug-likeness (QED) is 0.272. The number of carboxylic acid groups (broad SMARTS) is 1. The smallest absolute Gasteiger partial charge is 0.405 e. The molecule has 0 radical (unpaired) electrons. The normalized spacial score (nSPS) is 29.5. The molecule has 16 heteroatoms. The minimum atomic E-state index is -4.01. The van der Waals surface area contributed by atoms with Crippen molar-refractivity contribution < 1.29 is 42.2 Å². The van der Waals surface area contributed by atoms with E-state index in [0.29, 0.717) is 43.2 Å². The van der Waals surface area contributed by atoms with Crippen molar-refractivity contribution in [3.05, 3.63) is 36.5 Å². The van der Waals surface area contributed by atoms with E-state index in [2.05, 4.69) is 27.3 Å². The van der Waals surface area contributed by atoms with Gasteiger partial charge in [-0.25, -0.2) is 18.2 Å². The number of nitrogens with one attached hydrogen (secondary N) is 3. The van der Waals surface area contributed by atoms with Gasteiger partial charge in [0.15, 0.2) is 0 Å². The Morgan fingerprint density at radius 3 is 2.56 bits per heavy atom. The first kappa shape index (κ1) is 39.1. The van der Waals surface area contributed by atoms with Crippen molar-refractivity contribution in [2.45, 2.75) is 101 Å². The van der Waals surface area contributed by atoms with Crippen LogP contribution < -0.4 is 29.7 Å². The van der Waals surface area contributed by atoms with Gasteiger partial charge in [0.1, 0.15) is 29.5 Å².